The molecule has 3 heteroatoms. The second-order valence-electron chi connectivity index (χ2n) is 4.88. The van der Waals surface area contributed by atoms with Gasteiger partial charge in [-0.1, -0.05) is 60.1 Å². The second kappa shape index (κ2) is 6.46. The van der Waals surface area contributed by atoms with Gasteiger partial charge in [0.1, 0.15) is 0 Å². The third-order valence-corrected chi connectivity index (χ3v) is 3.59. The summed E-state index contributed by atoms with van der Waals surface area (Å²) in [6.45, 7) is 0. The fourth-order valence-electron chi connectivity index (χ4n) is 2.27. The van der Waals surface area contributed by atoms with Gasteiger partial charge in [-0.05, 0) is 35.9 Å². The topological polar surface area (TPSA) is 29.1 Å². The van der Waals surface area contributed by atoms with Crippen LogP contribution in [0.2, 0.25) is 5.02 Å². The van der Waals surface area contributed by atoms with Crippen LogP contribution < -0.4 is 5.32 Å². The summed E-state index contributed by atoms with van der Waals surface area (Å²) in [5.41, 5.74) is 3.27. The molecule has 0 unspecified atom stereocenters. The van der Waals surface area contributed by atoms with Crippen molar-refractivity contribution in [2.24, 2.45) is 0 Å². The van der Waals surface area contributed by atoms with E-state index in [1.807, 2.05) is 60.7 Å². The lowest BCUT2D eigenvalue weighted by atomic mass is 10.0. The summed E-state index contributed by atoms with van der Waals surface area (Å²) in [6, 6.07) is 24.4. The number of rotatable bonds is 3. The van der Waals surface area contributed by atoms with Crippen LogP contribution in [0.1, 0.15) is 10.4 Å². The molecule has 108 valence electrons. The zero-order valence-corrected chi connectivity index (χ0v) is 12.5. The number of benzene rings is 3. The molecule has 0 radical (unpaired) electrons. The molecule has 0 atom stereocenters. The van der Waals surface area contributed by atoms with Crippen molar-refractivity contribution in [1.82, 2.24) is 0 Å². The normalized spacial score (nSPS) is 10.2. The first kappa shape index (κ1) is 14.4. The highest BCUT2D eigenvalue weighted by atomic mass is 35.5. The van der Waals surface area contributed by atoms with Gasteiger partial charge >= 0.3 is 0 Å². The summed E-state index contributed by atoms with van der Waals surface area (Å²) in [5, 5.41) is 3.59. The number of nitrogens with one attached hydrogen (secondary N) is 1. The van der Waals surface area contributed by atoms with E-state index < -0.39 is 0 Å². The largest absolute Gasteiger partial charge is 0.321 e. The van der Waals surface area contributed by atoms with Gasteiger partial charge in [0.05, 0.1) is 0 Å². The predicted octanol–water partition coefficient (Wildman–Crippen LogP) is 5.26. The van der Waals surface area contributed by atoms with Gasteiger partial charge in [0.15, 0.2) is 0 Å². The maximum Gasteiger partial charge on any atom is 0.255 e. The molecule has 0 saturated heterocycles. The van der Waals surface area contributed by atoms with Crippen molar-refractivity contribution in [2.45, 2.75) is 0 Å². The van der Waals surface area contributed by atoms with Crippen LogP contribution in [0.25, 0.3) is 11.1 Å². The van der Waals surface area contributed by atoms with Crippen molar-refractivity contribution in [3.8, 4) is 11.1 Å². The smallest absolute Gasteiger partial charge is 0.255 e. The van der Waals surface area contributed by atoms with E-state index >= 15 is 0 Å². The van der Waals surface area contributed by atoms with Gasteiger partial charge < -0.3 is 5.32 Å². The monoisotopic (exact) mass is 307 g/mol. The quantitative estimate of drug-likeness (QED) is 0.702. The summed E-state index contributed by atoms with van der Waals surface area (Å²) >= 11 is 6.11. The average molecular weight is 308 g/mol. The number of carbonyl (C=O) groups is 1. The lowest BCUT2D eigenvalue weighted by molar-refractivity contribution is 0.102. The first-order chi connectivity index (χ1) is 10.7. The minimum atomic E-state index is -0.139. The highest BCUT2D eigenvalue weighted by Gasteiger charge is 2.10. The molecule has 0 aliphatic carbocycles. The van der Waals surface area contributed by atoms with Crippen molar-refractivity contribution in [1.29, 1.82) is 0 Å². The number of halogens is 1. The Morgan fingerprint density at radius 2 is 1.45 bits per heavy atom. The predicted molar refractivity (Wildman–Crippen MR) is 91.3 cm³/mol. The maximum absolute atomic E-state index is 12.3. The third-order valence-electron chi connectivity index (χ3n) is 3.35. The number of hydrogen-bond donors (Lipinski definition) is 1. The Kier molecular flexibility index (Phi) is 4.22. The van der Waals surface area contributed by atoms with E-state index in [1.165, 1.54) is 0 Å². The van der Waals surface area contributed by atoms with Crippen molar-refractivity contribution < 1.29 is 4.79 Å². The maximum atomic E-state index is 12.3. The molecule has 3 aromatic carbocycles. The highest BCUT2D eigenvalue weighted by molar-refractivity contribution is 6.31. The molecule has 1 amide bonds. The van der Waals surface area contributed by atoms with Crippen LogP contribution in [-0.4, -0.2) is 5.91 Å². The van der Waals surface area contributed by atoms with Crippen molar-refractivity contribution >= 4 is 23.2 Å². The van der Waals surface area contributed by atoms with Crippen LogP contribution in [0.4, 0.5) is 5.69 Å². The lowest BCUT2D eigenvalue weighted by Crippen LogP contribution is -2.12. The van der Waals surface area contributed by atoms with E-state index in [0.29, 0.717) is 10.6 Å². The summed E-state index contributed by atoms with van der Waals surface area (Å²) in [4.78, 5) is 12.3. The summed E-state index contributed by atoms with van der Waals surface area (Å²) < 4.78 is 0. The minimum absolute atomic E-state index is 0.139. The second-order valence-corrected chi connectivity index (χ2v) is 5.31. The molecule has 0 aromatic heterocycles. The minimum Gasteiger partial charge on any atom is -0.321 e. The van der Waals surface area contributed by atoms with Gasteiger partial charge in [0.2, 0.25) is 0 Å². The Morgan fingerprint density at radius 1 is 0.818 bits per heavy atom. The van der Waals surface area contributed by atoms with Crippen molar-refractivity contribution in [3.63, 3.8) is 0 Å². The molecule has 22 heavy (non-hydrogen) atoms. The molecule has 3 rings (SSSR count). The zero-order chi connectivity index (χ0) is 15.4. The Morgan fingerprint density at radius 3 is 2.14 bits per heavy atom. The summed E-state index contributed by atoms with van der Waals surface area (Å²) in [6.07, 6.45) is 0. The van der Waals surface area contributed by atoms with E-state index in [4.69, 9.17) is 11.6 Å². The Balaban J connectivity index is 1.96. The molecule has 0 aliphatic heterocycles. The van der Waals surface area contributed by atoms with Crippen LogP contribution in [0.5, 0.6) is 0 Å². The molecule has 2 nitrogen and oxygen atoms in total. The number of hydrogen-bond acceptors (Lipinski definition) is 1. The average Bonchev–Trinajstić information content (AvgIpc) is 2.58. The van der Waals surface area contributed by atoms with Crippen LogP contribution in [0.3, 0.4) is 0 Å². The third kappa shape index (κ3) is 3.18. The molecule has 0 spiro atoms. The van der Waals surface area contributed by atoms with Gasteiger partial charge in [-0.15, -0.1) is 0 Å². The molecule has 0 aliphatic rings. The van der Waals surface area contributed by atoms with E-state index in [0.717, 1.165) is 16.8 Å². The fraction of sp³-hybridized carbons (Fsp3) is 0. The van der Waals surface area contributed by atoms with Crippen LogP contribution in [0.15, 0.2) is 78.9 Å². The molecule has 3 aromatic rings. The van der Waals surface area contributed by atoms with E-state index in [1.54, 1.807) is 18.2 Å². The Bertz CT molecular complexity index is 785. The van der Waals surface area contributed by atoms with Gasteiger partial charge in [-0.3, -0.25) is 4.79 Å². The number of anilines is 1. The molecule has 0 fully saturated rings. The Hall–Kier alpha value is -2.58. The van der Waals surface area contributed by atoms with Crippen LogP contribution in [0, 0.1) is 0 Å². The van der Waals surface area contributed by atoms with Crippen LogP contribution >= 0.6 is 11.6 Å². The standard InChI is InChI=1S/C19H14ClNO/c20-16-11-12-18(17(13-16)14-7-3-1-4-8-14)21-19(22)15-9-5-2-6-10-15/h1-13H,(H,21,22). The molecule has 0 bridgehead atoms. The first-order valence-electron chi connectivity index (χ1n) is 6.95. The number of amides is 1. The van der Waals surface area contributed by atoms with Gasteiger partial charge in [0, 0.05) is 21.8 Å². The molecular formula is C19H14ClNO. The Labute approximate surface area is 134 Å². The van der Waals surface area contributed by atoms with Crippen LogP contribution in [-0.2, 0) is 0 Å². The van der Waals surface area contributed by atoms with E-state index in [9.17, 15) is 4.79 Å². The number of carbonyl (C=O) groups excluding carboxylic acids is 1. The summed E-state index contributed by atoms with van der Waals surface area (Å²) in [5.74, 6) is -0.139. The zero-order valence-electron chi connectivity index (χ0n) is 11.8. The van der Waals surface area contributed by atoms with Crippen molar-refractivity contribution in [2.75, 3.05) is 5.32 Å². The highest BCUT2D eigenvalue weighted by Crippen LogP contribution is 2.31. The molecule has 1 N–H and O–H groups in total. The molecule has 0 heterocycles. The van der Waals surface area contributed by atoms with Gasteiger partial charge in [-0.2, -0.15) is 0 Å². The van der Waals surface area contributed by atoms with Gasteiger partial charge in [-0.25, -0.2) is 0 Å². The fourth-order valence-corrected chi connectivity index (χ4v) is 2.44. The van der Waals surface area contributed by atoms with Crippen molar-refractivity contribution in [3.05, 3.63) is 89.4 Å². The molecule has 0 saturated carbocycles. The SMILES string of the molecule is O=C(Nc1ccc(Cl)cc1-c1ccccc1)c1ccccc1. The first-order valence-corrected chi connectivity index (χ1v) is 7.33. The lowest BCUT2D eigenvalue weighted by Gasteiger charge is -2.12. The summed E-state index contributed by atoms with van der Waals surface area (Å²) in [7, 11) is 0. The van der Waals surface area contributed by atoms with E-state index in [-0.39, 0.29) is 5.91 Å². The van der Waals surface area contributed by atoms with Gasteiger partial charge in [0.25, 0.3) is 5.91 Å². The molecular weight excluding hydrogens is 294 g/mol. The van der Waals surface area contributed by atoms with E-state index in [2.05, 4.69) is 5.32 Å².